The Bertz CT molecular complexity index is 688. The molecule has 2 rings (SSSR count). The smallest absolute Gasteiger partial charge is 0.267 e. The number of hydrogen-bond donors (Lipinski definition) is 2. The van der Waals surface area contributed by atoms with Gasteiger partial charge in [0.25, 0.3) is 0 Å². The highest BCUT2D eigenvalue weighted by Gasteiger charge is 2.10. The summed E-state index contributed by atoms with van der Waals surface area (Å²) in [4.78, 5) is 0. The maximum atomic E-state index is 12.0. The lowest BCUT2D eigenvalue weighted by Gasteiger charge is -2.11. The van der Waals surface area contributed by atoms with Crippen molar-refractivity contribution in [3.05, 3.63) is 59.1 Å². The van der Waals surface area contributed by atoms with Gasteiger partial charge in [-0.3, -0.25) is 9.44 Å². The second kappa shape index (κ2) is 6.15. The van der Waals surface area contributed by atoms with Crippen LogP contribution in [0, 0.1) is 0 Å². The molecule has 0 spiro atoms. The fourth-order valence-electron chi connectivity index (χ4n) is 1.74. The molecule has 2 aromatic carbocycles. The quantitative estimate of drug-likeness (QED) is 0.885. The summed E-state index contributed by atoms with van der Waals surface area (Å²) in [6.07, 6.45) is 0.800. The Morgan fingerprint density at radius 2 is 1.65 bits per heavy atom. The van der Waals surface area contributed by atoms with Crippen LogP contribution in [0.1, 0.15) is 12.5 Å². The number of para-hydroxylation sites is 1. The molecule has 0 bridgehead atoms. The minimum absolute atomic E-state index is 0.427. The molecular weight excluding hydrogens is 296 g/mol. The van der Waals surface area contributed by atoms with E-state index in [0.717, 1.165) is 12.0 Å². The average Bonchev–Trinajstić information content (AvgIpc) is 2.39. The third-order valence-corrected chi connectivity index (χ3v) is 4.07. The Morgan fingerprint density at radius 3 is 2.25 bits per heavy atom. The molecule has 0 saturated carbocycles. The van der Waals surface area contributed by atoms with Gasteiger partial charge in [0.1, 0.15) is 0 Å². The van der Waals surface area contributed by atoms with Crippen LogP contribution in [-0.4, -0.2) is 8.42 Å². The third kappa shape index (κ3) is 3.88. The summed E-state index contributed by atoms with van der Waals surface area (Å²) in [5, 5.41) is 0.549. The molecule has 0 radical (unpaired) electrons. The number of halogens is 1. The highest BCUT2D eigenvalue weighted by Crippen LogP contribution is 2.22. The number of hydrogen-bond acceptors (Lipinski definition) is 2. The van der Waals surface area contributed by atoms with E-state index in [1.165, 1.54) is 0 Å². The monoisotopic (exact) mass is 310 g/mol. The van der Waals surface area contributed by atoms with Gasteiger partial charge in [0, 0.05) is 5.02 Å². The lowest BCUT2D eigenvalue weighted by Crippen LogP contribution is -2.21. The van der Waals surface area contributed by atoms with Gasteiger partial charge in [0.05, 0.1) is 11.4 Å². The zero-order chi connectivity index (χ0) is 14.6. The van der Waals surface area contributed by atoms with E-state index in [9.17, 15) is 8.42 Å². The molecule has 0 aliphatic carbocycles. The molecule has 0 unspecified atom stereocenters. The maximum absolute atomic E-state index is 12.0. The van der Waals surface area contributed by atoms with Gasteiger partial charge in [-0.25, -0.2) is 0 Å². The summed E-state index contributed by atoms with van der Waals surface area (Å²) in [6.45, 7) is 1.99. The molecule has 0 aromatic heterocycles. The Labute approximate surface area is 124 Å². The largest absolute Gasteiger partial charge is 0.321 e. The third-order valence-electron chi connectivity index (χ3n) is 2.71. The van der Waals surface area contributed by atoms with Crippen LogP contribution in [0.15, 0.2) is 48.5 Å². The minimum atomic E-state index is -3.68. The van der Waals surface area contributed by atoms with Gasteiger partial charge in [-0.1, -0.05) is 42.8 Å². The Hall–Kier alpha value is -1.72. The average molecular weight is 311 g/mol. The van der Waals surface area contributed by atoms with Gasteiger partial charge in [0.2, 0.25) is 0 Å². The van der Waals surface area contributed by atoms with Crippen LogP contribution in [0.25, 0.3) is 0 Å². The molecule has 20 heavy (non-hydrogen) atoms. The number of benzene rings is 2. The van der Waals surface area contributed by atoms with Gasteiger partial charge >= 0.3 is 10.2 Å². The van der Waals surface area contributed by atoms with Gasteiger partial charge in [-0.05, 0) is 36.2 Å². The highest BCUT2D eigenvalue weighted by atomic mass is 35.5. The van der Waals surface area contributed by atoms with E-state index in [1.54, 1.807) is 36.4 Å². The summed E-state index contributed by atoms with van der Waals surface area (Å²) >= 11 is 6.06. The number of aryl methyl sites for hydroxylation is 1. The molecule has 6 heteroatoms. The first-order chi connectivity index (χ1) is 9.50. The molecule has 0 fully saturated rings. The summed E-state index contributed by atoms with van der Waals surface area (Å²) in [5.41, 5.74) is 1.90. The van der Waals surface area contributed by atoms with E-state index in [0.29, 0.717) is 16.4 Å². The zero-order valence-electron chi connectivity index (χ0n) is 10.9. The standard InChI is InChI=1S/C14H15ClN2O2S/c1-2-11-8-9-13(10-14(11)15)17-20(18,19)16-12-6-4-3-5-7-12/h3-10,16-17H,2H2,1H3. The normalized spacial score (nSPS) is 11.1. The second-order valence-electron chi connectivity index (χ2n) is 4.23. The van der Waals surface area contributed by atoms with E-state index in [4.69, 9.17) is 11.6 Å². The van der Waals surface area contributed by atoms with Crippen molar-refractivity contribution in [2.75, 3.05) is 9.44 Å². The van der Waals surface area contributed by atoms with E-state index in [1.807, 2.05) is 19.1 Å². The van der Waals surface area contributed by atoms with Crippen LogP contribution in [0.2, 0.25) is 5.02 Å². The molecule has 0 saturated heterocycles. The Morgan fingerprint density at radius 1 is 1.00 bits per heavy atom. The number of nitrogens with one attached hydrogen (secondary N) is 2. The van der Waals surface area contributed by atoms with Crippen LogP contribution < -0.4 is 9.44 Å². The molecular formula is C14H15ClN2O2S. The summed E-state index contributed by atoms with van der Waals surface area (Å²) in [5.74, 6) is 0. The molecule has 106 valence electrons. The Balaban J connectivity index is 2.14. The number of anilines is 2. The van der Waals surface area contributed by atoms with Crippen molar-refractivity contribution < 1.29 is 8.42 Å². The molecule has 0 amide bonds. The Kier molecular flexibility index (Phi) is 4.52. The van der Waals surface area contributed by atoms with Gasteiger partial charge in [-0.15, -0.1) is 0 Å². The lowest BCUT2D eigenvalue weighted by molar-refractivity contribution is 0.606. The zero-order valence-corrected chi connectivity index (χ0v) is 12.5. The van der Waals surface area contributed by atoms with Crippen molar-refractivity contribution in [2.45, 2.75) is 13.3 Å². The van der Waals surface area contributed by atoms with Crippen molar-refractivity contribution in [3.8, 4) is 0 Å². The van der Waals surface area contributed by atoms with Gasteiger partial charge in [0.15, 0.2) is 0 Å². The van der Waals surface area contributed by atoms with E-state index >= 15 is 0 Å². The minimum Gasteiger partial charge on any atom is -0.267 e. The number of rotatable bonds is 5. The molecule has 0 atom stereocenters. The topological polar surface area (TPSA) is 58.2 Å². The van der Waals surface area contributed by atoms with Crippen molar-refractivity contribution in [1.29, 1.82) is 0 Å². The maximum Gasteiger partial charge on any atom is 0.321 e. The summed E-state index contributed by atoms with van der Waals surface area (Å²) in [6, 6.07) is 13.8. The predicted octanol–water partition coefficient (Wildman–Crippen LogP) is 3.67. The first-order valence-electron chi connectivity index (χ1n) is 6.14. The molecule has 2 aromatic rings. The SMILES string of the molecule is CCc1ccc(NS(=O)(=O)Nc2ccccc2)cc1Cl. The van der Waals surface area contributed by atoms with Crippen LogP contribution >= 0.6 is 11.6 Å². The predicted molar refractivity (Wildman–Crippen MR) is 83.4 cm³/mol. The van der Waals surface area contributed by atoms with Crippen molar-refractivity contribution in [3.63, 3.8) is 0 Å². The fraction of sp³-hybridized carbons (Fsp3) is 0.143. The van der Waals surface area contributed by atoms with Crippen molar-refractivity contribution in [1.82, 2.24) is 0 Å². The summed E-state index contributed by atoms with van der Waals surface area (Å²) < 4.78 is 28.8. The molecule has 0 heterocycles. The molecule has 0 aliphatic heterocycles. The van der Waals surface area contributed by atoms with E-state index in [2.05, 4.69) is 9.44 Å². The first-order valence-corrected chi connectivity index (χ1v) is 8.00. The van der Waals surface area contributed by atoms with E-state index < -0.39 is 10.2 Å². The molecule has 4 nitrogen and oxygen atoms in total. The van der Waals surface area contributed by atoms with Gasteiger partial charge < -0.3 is 0 Å². The first kappa shape index (κ1) is 14.7. The van der Waals surface area contributed by atoms with Crippen molar-refractivity contribution >= 4 is 33.2 Å². The summed E-state index contributed by atoms with van der Waals surface area (Å²) in [7, 11) is -3.68. The van der Waals surface area contributed by atoms with Crippen LogP contribution in [0.5, 0.6) is 0 Å². The second-order valence-corrected chi connectivity index (χ2v) is 6.06. The fourth-order valence-corrected chi connectivity index (χ4v) is 2.99. The van der Waals surface area contributed by atoms with Crippen LogP contribution in [-0.2, 0) is 16.6 Å². The highest BCUT2D eigenvalue weighted by molar-refractivity contribution is 7.94. The van der Waals surface area contributed by atoms with Crippen molar-refractivity contribution in [2.24, 2.45) is 0 Å². The molecule has 2 N–H and O–H groups in total. The van der Waals surface area contributed by atoms with Gasteiger partial charge in [-0.2, -0.15) is 8.42 Å². The van der Waals surface area contributed by atoms with E-state index in [-0.39, 0.29) is 0 Å². The van der Waals surface area contributed by atoms with Crippen LogP contribution in [0.3, 0.4) is 0 Å². The molecule has 0 aliphatic rings. The van der Waals surface area contributed by atoms with Crippen LogP contribution in [0.4, 0.5) is 11.4 Å². The lowest BCUT2D eigenvalue weighted by atomic mass is 10.1.